The fourth-order valence-corrected chi connectivity index (χ4v) is 4.95. The second kappa shape index (κ2) is 13.0. The molecule has 1 aromatic heterocycles. The summed E-state index contributed by atoms with van der Waals surface area (Å²) in [6, 6.07) is 8.21. The number of aromatic nitrogens is 2. The molecule has 2 aliphatic heterocycles. The van der Waals surface area contributed by atoms with Crippen molar-refractivity contribution in [3.05, 3.63) is 41.0 Å². The molecule has 1 atom stereocenters. The molecule has 2 amide bonds. The lowest BCUT2D eigenvalue weighted by Gasteiger charge is -2.32. The highest BCUT2D eigenvalue weighted by Crippen LogP contribution is 2.33. The summed E-state index contributed by atoms with van der Waals surface area (Å²) in [6.07, 6.45) is 5.40. The average Bonchev–Trinajstić information content (AvgIpc) is 3.21. The maximum atomic E-state index is 12.8. The third-order valence-electron chi connectivity index (χ3n) is 7.35. The fourth-order valence-electron chi connectivity index (χ4n) is 4.95. The van der Waals surface area contributed by atoms with E-state index in [0.29, 0.717) is 42.8 Å². The van der Waals surface area contributed by atoms with Crippen LogP contribution in [0, 0.1) is 5.92 Å². The van der Waals surface area contributed by atoms with Gasteiger partial charge in [-0.05, 0) is 62.7 Å². The Morgan fingerprint density at radius 2 is 1.84 bits per heavy atom. The first-order chi connectivity index (χ1) is 18.3. The molecule has 5 N–H and O–H groups in total. The number of nitrogens with one attached hydrogen (secondary N) is 1. The Kier molecular flexibility index (Phi) is 9.52. The van der Waals surface area contributed by atoms with Crippen LogP contribution in [0.25, 0.3) is 0 Å². The van der Waals surface area contributed by atoms with Crippen LogP contribution in [0.15, 0.2) is 24.3 Å². The molecule has 1 saturated heterocycles. The number of nitrogen functional groups attached to an aromatic ring is 1. The van der Waals surface area contributed by atoms with Crippen LogP contribution in [0.4, 0.5) is 11.6 Å². The number of anilines is 2. The van der Waals surface area contributed by atoms with Crippen molar-refractivity contribution < 1.29 is 14.3 Å². The number of amides is 2. The topological polar surface area (TPSA) is 140 Å². The van der Waals surface area contributed by atoms with Crippen molar-refractivity contribution in [1.82, 2.24) is 20.2 Å². The molecule has 2 aliphatic rings. The van der Waals surface area contributed by atoms with Gasteiger partial charge in [0.25, 0.3) is 0 Å². The van der Waals surface area contributed by atoms with Crippen LogP contribution in [0.5, 0.6) is 6.01 Å². The number of nitrogens with zero attached hydrogens (tertiary/aromatic N) is 4. The number of nitrogens with two attached hydrogens (primary N) is 2. The average molecular weight is 524 g/mol. The minimum absolute atomic E-state index is 0.0317. The number of fused-ring (bicyclic) bond motifs is 1. The second-order valence-corrected chi connectivity index (χ2v) is 10.5. The molecule has 4 rings (SSSR count). The highest BCUT2D eigenvalue weighted by atomic mass is 16.5. The summed E-state index contributed by atoms with van der Waals surface area (Å²) < 4.78 is 5.65. The summed E-state index contributed by atoms with van der Waals surface area (Å²) >= 11 is 0. The van der Waals surface area contributed by atoms with Gasteiger partial charge in [-0.2, -0.15) is 9.97 Å². The Balaban J connectivity index is 1.27. The number of benzene rings is 1. The summed E-state index contributed by atoms with van der Waals surface area (Å²) in [4.78, 5) is 37.3. The van der Waals surface area contributed by atoms with E-state index in [1.807, 2.05) is 0 Å². The van der Waals surface area contributed by atoms with Gasteiger partial charge in [0.1, 0.15) is 11.6 Å². The van der Waals surface area contributed by atoms with Crippen molar-refractivity contribution in [3.63, 3.8) is 0 Å². The lowest BCUT2D eigenvalue weighted by Crippen LogP contribution is -2.40. The molecule has 0 unspecified atom stereocenters. The number of likely N-dealkylation sites (tertiary alicyclic amines) is 1. The van der Waals surface area contributed by atoms with E-state index in [4.69, 9.17) is 16.2 Å². The smallest absolute Gasteiger partial charge is 0.320 e. The van der Waals surface area contributed by atoms with E-state index >= 15 is 0 Å². The molecule has 0 radical (unpaired) electrons. The Labute approximate surface area is 225 Å². The van der Waals surface area contributed by atoms with Crippen LogP contribution < -0.4 is 26.4 Å². The Bertz CT molecular complexity index is 1100. The number of rotatable bonds is 12. The first-order valence-corrected chi connectivity index (χ1v) is 13.8. The molecule has 0 saturated carbocycles. The zero-order valence-corrected chi connectivity index (χ0v) is 22.6. The number of hydrogen-bond donors (Lipinski definition) is 3. The van der Waals surface area contributed by atoms with Crippen LogP contribution >= 0.6 is 0 Å². The number of hydrogen-bond acceptors (Lipinski definition) is 8. The highest BCUT2D eigenvalue weighted by Gasteiger charge is 2.32. The summed E-state index contributed by atoms with van der Waals surface area (Å²) in [6.45, 7) is 8.45. The number of unbranched alkanes of at least 4 members (excludes halogenated alkanes) is 1. The molecule has 10 heteroatoms. The van der Waals surface area contributed by atoms with Crippen LogP contribution in [0.1, 0.15) is 62.6 Å². The maximum Gasteiger partial charge on any atom is 0.320 e. The SMILES string of the molecule is CCCCOc1nc(N)c2c(n1)N(Cc1ccc(CN3CCC(CCNC(=O)[C@@H](C)N)CC3)cc1)C(=O)C2. The van der Waals surface area contributed by atoms with Crippen molar-refractivity contribution >= 4 is 23.5 Å². The second-order valence-electron chi connectivity index (χ2n) is 10.5. The van der Waals surface area contributed by atoms with Gasteiger partial charge in [-0.15, -0.1) is 0 Å². The van der Waals surface area contributed by atoms with E-state index in [2.05, 4.69) is 51.4 Å². The van der Waals surface area contributed by atoms with Gasteiger partial charge >= 0.3 is 6.01 Å². The van der Waals surface area contributed by atoms with Gasteiger partial charge in [0.05, 0.1) is 25.6 Å². The van der Waals surface area contributed by atoms with Gasteiger partial charge in [0, 0.05) is 18.7 Å². The largest absolute Gasteiger partial charge is 0.463 e. The predicted octanol–water partition coefficient (Wildman–Crippen LogP) is 2.39. The normalized spacial score (nSPS) is 16.9. The van der Waals surface area contributed by atoms with Gasteiger partial charge in [-0.3, -0.25) is 19.4 Å². The molecule has 3 heterocycles. The first-order valence-electron chi connectivity index (χ1n) is 13.8. The number of ether oxygens (including phenoxy) is 1. The third kappa shape index (κ3) is 7.20. The van der Waals surface area contributed by atoms with Gasteiger partial charge in [0.15, 0.2) is 0 Å². The van der Waals surface area contributed by atoms with E-state index < -0.39 is 6.04 Å². The van der Waals surface area contributed by atoms with Crippen LogP contribution in [0.3, 0.4) is 0 Å². The van der Waals surface area contributed by atoms with E-state index in [-0.39, 0.29) is 24.2 Å². The van der Waals surface area contributed by atoms with Gasteiger partial charge in [0.2, 0.25) is 11.8 Å². The molecular weight excluding hydrogens is 482 g/mol. The van der Waals surface area contributed by atoms with E-state index in [0.717, 1.165) is 57.3 Å². The van der Waals surface area contributed by atoms with E-state index in [9.17, 15) is 9.59 Å². The molecule has 0 aliphatic carbocycles. The highest BCUT2D eigenvalue weighted by molar-refractivity contribution is 6.01. The number of carbonyl (C=O) groups excluding carboxylic acids is 2. The van der Waals surface area contributed by atoms with E-state index in [1.54, 1.807) is 11.8 Å². The number of piperidine rings is 1. The van der Waals surface area contributed by atoms with Crippen LogP contribution in [-0.4, -0.2) is 59.0 Å². The quantitative estimate of drug-likeness (QED) is 0.360. The van der Waals surface area contributed by atoms with Crippen LogP contribution in [-0.2, 0) is 29.1 Å². The molecule has 0 bridgehead atoms. The van der Waals surface area contributed by atoms with Crippen molar-refractivity contribution in [2.24, 2.45) is 11.7 Å². The zero-order valence-electron chi connectivity index (χ0n) is 22.6. The molecule has 0 spiro atoms. The summed E-state index contributed by atoms with van der Waals surface area (Å²) in [5.74, 6) is 1.39. The lowest BCUT2D eigenvalue weighted by molar-refractivity contribution is -0.122. The molecular formula is C28H41N7O3. The molecule has 10 nitrogen and oxygen atoms in total. The Hall–Kier alpha value is -3.24. The summed E-state index contributed by atoms with van der Waals surface area (Å²) in [5.41, 5.74) is 14.7. The predicted molar refractivity (Wildman–Crippen MR) is 147 cm³/mol. The molecule has 38 heavy (non-hydrogen) atoms. The van der Waals surface area contributed by atoms with Gasteiger partial charge in [-0.1, -0.05) is 37.6 Å². The van der Waals surface area contributed by atoms with Crippen molar-refractivity contribution in [3.8, 4) is 6.01 Å². The zero-order chi connectivity index (χ0) is 27.1. The fraction of sp³-hybridized carbons (Fsp3) is 0.571. The van der Waals surface area contributed by atoms with Crippen molar-refractivity contribution in [2.75, 3.05) is 36.9 Å². The molecule has 1 aromatic carbocycles. The number of carbonyl (C=O) groups is 2. The lowest BCUT2D eigenvalue weighted by atomic mass is 9.93. The summed E-state index contributed by atoms with van der Waals surface area (Å²) in [5, 5.41) is 2.91. The molecule has 2 aromatic rings. The van der Waals surface area contributed by atoms with E-state index in [1.165, 1.54) is 5.56 Å². The van der Waals surface area contributed by atoms with Crippen molar-refractivity contribution in [1.29, 1.82) is 0 Å². The standard InChI is InChI=1S/C28H41N7O3/c1-3-4-15-38-28-32-25(30)23-16-24(36)35(26(23)33-28)18-22-7-5-21(6-8-22)17-34-13-10-20(11-14-34)9-12-31-27(37)19(2)29/h5-8,19-20H,3-4,9-18,29H2,1-2H3,(H,31,37)(H2,30,32,33)/t19-/m1/s1. The van der Waals surface area contributed by atoms with Gasteiger partial charge in [-0.25, -0.2) is 0 Å². The monoisotopic (exact) mass is 523 g/mol. The maximum absolute atomic E-state index is 12.8. The van der Waals surface area contributed by atoms with Crippen LogP contribution in [0.2, 0.25) is 0 Å². The minimum Gasteiger partial charge on any atom is -0.463 e. The van der Waals surface area contributed by atoms with Crippen molar-refractivity contribution in [2.45, 2.75) is 71.5 Å². The minimum atomic E-state index is -0.453. The Morgan fingerprint density at radius 3 is 2.50 bits per heavy atom. The first kappa shape index (κ1) is 27.8. The summed E-state index contributed by atoms with van der Waals surface area (Å²) in [7, 11) is 0. The third-order valence-corrected chi connectivity index (χ3v) is 7.35. The van der Waals surface area contributed by atoms with Gasteiger partial charge < -0.3 is 21.5 Å². The molecule has 206 valence electrons. The molecule has 1 fully saturated rings. The Morgan fingerprint density at radius 1 is 1.16 bits per heavy atom.